The highest BCUT2D eigenvalue weighted by molar-refractivity contribution is 5.96. The number of hydrogen-bond donors (Lipinski definition) is 1. The van der Waals surface area contributed by atoms with Crippen LogP contribution in [0.5, 0.6) is 0 Å². The molecule has 0 aliphatic rings. The van der Waals surface area contributed by atoms with Crippen LogP contribution >= 0.6 is 0 Å². The van der Waals surface area contributed by atoms with Gasteiger partial charge in [-0.3, -0.25) is 4.79 Å². The number of ether oxygens (including phenoxy) is 1. The summed E-state index contributed by atoms with van der Waals surface area (Å²) >= 11 is 0. The van der Waals surface area contributed by atoms with Crippen LogP contribution in [0.3, 0.4) is 0 Å². The highest BCUT2D eigenvalue weighted by Gasteiger charge is 2.19. The van der Waals surface area contributed by atoms with Gasteiger partial charge in [0.2, 0.25) is 0 Å². The van der Waals surface area contributed by atoms with Crippen molar-refractivity contribution in [3.05, 3.63) is 29.6 Å². The Bertz CT molecular complexity index is 460. The van der Waals surface area contributed by atoms with Gasteiger partial charge in [-0.1, -0.05) is 0 Å². The third-order valence-electron chi connectivity index (χ3n) is 2.65. The quantitative estimate of drug-likeness (QED) is 0.839. The fraction of sp³-hybridized carbons (Fsp3) is 0.462. The summed E-state index contributed by atoms with van der Waals surface area (Å²) in [6.45, 7) is 4.68. The third-order valence-corrected chi connectivity index (χ3v) is 2.65. The first-order valence-electron chi connectivity index (χ1n) is 5.96. The molecule has 1 amide bonds. The number of carbonyl (C=O) groups is 2. The van der Waals surface area contributed by atoms with Gasteiger partial charge in [0, 0.05) is 31.5 Å². The fourth-order valence-electron chi connectivity index (χ4n) is 1.63. The van der Waals surface area contributed by atoms with E-state index in [-0.39, 0.29) is 17.6 Å². The summed E-state index contributed by atoms with van der Waals surface area (Å²) in [4.78, 5) is 28.5. The number of amides is 1. The standard InChI is InChI=1S/C13H18N2O4/c1-9(2)15(6-7-19-3)12(16)10-4-5-14-11(8-10)13(17)18/h4-5,8-9H,6-7H2,1-3H3,(H,17,18). The molecule has 1 aromatic rings. The van der Waals surface area contributed by atoms with Crippen molar-refractivity contribution < 1.29 is 19.4 Å². The molecule has 1 rings (SSSR count). The molecule has 0 saturated heterocycles. The SMILES string of the molecule is COCCN(C(=O)c1ccnc(C(=O)O)c1)C(C)C. The second-order valence-corrected chi connectivity index (χ2v) is 4.32. The van der Waals surface area contributed by atoms with Crippen LogP contribution in [-0.4, -0.2) is 53.2 Å². The first-order valence-corrected chi connectivity index (χ1v) is 5.96. The maximum absolute atomic E-state index is 12.3. The zero-order chi connectivity index (χ0) is 14.4. The third kappa shape index (κ3) is 4.03. The van der Waals surface area contributed by atoms with E-state index in [4.69, 9.17) is 9.84 Å². The van der Waals surface area contributed by atoms with Crippen LogP contribution in [0.2, 0.25) is 0 Å². The highest BCUT2D eigenvalue weighted by atomic mass is 16.5. The summed E-state index contributed by atoms with van der Waals surface area (Å²) in [6.07, 6.45) is 1.32. The molecule has 0 fully saturated rings. The van der Waals surface area contributed by atoms with Crippen molar-refractivity contribution in [3.63, 3.8) is 0 Å². The van der Waals surface area contributed by atoms with Crippen LogP contribution in [0.1, 0.15) is 34.7 Å². The van der Waals surface area contributed by atoms with Crippen LogP contribution in [0.4, 0.5) is 0 Å². The van der Waals surface area contributed by atoms with Gasteiger partial charge >= 0.3 is 5.97 Å². The Hall–Kier alpha value is -1.95. The molecule has 1 heterocycles. The molecule has 19 heavy (non-hydrogen) atoms. The lowest BCUT2D eigenvalue weighted by atomic mass is 10.1. The average molecular weight is 266 g/mol. The molecule has 0 bridgehead atoms. The summed E-state index contributed by atoms with van der Waals surface area (Å²) in [5.41, 5.74) is 0.179. The van der Waals surface area contributed by atoms with E-state index in [2.05, 4.69) is 4.98 Å². The van der Waals surface area contributed by atoms with Crippen molar-refractivity contribution in [3.8, 4) is 0 Å². The lowest BCUT2D eigenvalue weighted by Gasteiger charge is -2.26. The van der Waals surface area contributed by atoms with Gasteiger partial charge in [0.15, 0.2) is 0 Å². The number of methoxy groups -OCH3 is 1. The first kappa shape index (κ1) is 15.1. The second kappa shape index (κ2) is 6.84. The Morgan fingerprint density at radius 3 is 2.68 bits per heavy atom. The van der Waals surface area contributed by atoms with Crippen molar-refractivity contribution in [2.75, 3.05) is 20.3 Å². The van der Waals surface area contributed by atoms with E-state index >= 15 is 0 Å². The second-order valence-electron chi connectivity index (χ2n) is 4.32. The minimum Gasteiger partial charge on any atom is -0.477 e. The van der Waals surface area contributed by atoms with Crippen molar-refractivity contribution in [1.29, 1.82) is 0 Å². The zero-order valence-electron chi connectivity index (χ0n) is 11.3. The van der Waals surface area contributed by atoms with Crippen molar-refractivity contribution in [2.24, 2.45) is 0 Å². The van der Waals surface area contributed by atoms with Crippen molar-refractivity contribution in [1.82, 2.24) is 9.88 Å². The van der Waals surface area contributed by atoms with Gasteiger partial charge in [-0.15, -0.1) is 0 Å². The van der Waals surface area contributed by atoms with Crippen LogP contribution in [0.15, 0.2) is 18.3 Å². The predicted octanol–water partition coefficient (Wildman–Crippen LogP) is 1.28. The predicted molar refractivity (Wildman–Crippen MR) is 69.2 cm³/mol. The maximum atomic E-state index is 12.3. The Morgan fingerprint density at radius 1 is 1.47 bits per heavy atom. The molecule has 0 spiro atoms. The molecule has 0 unspecified atom stereocenters. The van der Waals surface area contributed by atoms with E-state index in [1.807, 2.05) is 13.8 Å². The van der Waals surface area contributed by atoms with E-state index in [1.165, 1.54) is 18.3 Å². The number of carboxylic acid groups (broad SMARTS) is 1. The number of rotatable bonds is 6. The molecule has 0 radical (unpaired) electrons. The zero-order valence-corrected chi connectivity index (χ0v) is 11.3. The molecule has 1 aromatic heterocycles. The number of aromatic nitrogens is 1. The molecule has 0 aliphatic carbocycles. The van der Waals surface area contributed by atoms with Crippen LogP contribution in [-0.2, 0) is 4.74 Å². The summed E-state index contributed by atoms with van der Waals surface area (Å²) in [5, 5.41) is 8.87. The molecule has 6 nitrogen and oxygen atoms in total. The van der Waals surface area contributed by atoms with Crippen LogP contribution in [0.25, 0.3) is 0 Å². The molecular formula is C13H18N2O4. The highest BCUT2D eigenvalue weighted by Crippen LogP contribution is 2.09. The van der Waals surface area contributed by atoms with Crippen molar-refractivity contribution in [2.45, 2.75) is 19.9 Å². The Morgan fingerprint density at radius 2 is 2.16 bits per heavy atom. The topological polar surface area (TPSA) is 79.7 Å². The number of nitrogens with zero attached hydrogens (tertiary/aromatic N) is 2. The molecule has 0 aromatic carbocycles. The van der Waals surface area contributed by atoms with Gasteiger partial charge in [-0.2, -0.15) is 0 Å². The van der Waals surface area contributed by atoms with E-state index in [9.17, 15) is 9.59 Å². The summed E-state index contributed by atoms with van der Waals surface area (Å²) in [5.74, 6) is -1.38. The van der Waals surface area contributed by atoms with Gasteiger partial charge in [-0.05, 0) is 26.0 Å². The largest absolute Gasteiger partial charge is 0.477 e. The smallest absolute Gasteiger partial charge is 0.354 e. The Kier molecular flexibility index (Phi) is 5.44. The lowest BCUT2D eigenvalue weighted by Crippen LogP contribution is -2.39. The summed E-state index contributed by atoms with van der Waals surface area (Å²) in [7, 11) is 1.57. The van der Waals surface area contributed by atoms with Crippen LogP contribution < -0.4 is 0 Å². The van der Waals surface area contributed by atoms with Gasteiger partial charge in [0.1, 0.15) is 5.69 Å². The minimum absolute atomic E-state index is 0.00379. The average Bonchev–Trinajstić information content (AvgIpc) is 2.38. The molecule has 1 N–H and O–H groups in total. The monoisotopic (exact) mass is 266 g/mol. The van der Waals surface area contributed by atoms with E-state index in [0.29, 0.717) is 18.7 Å². The van der Waals surface area contributed by atoms with E-state index in [0.717, 1.165) is 0 Å². The molecule has 0 atom stereocenters. The molecule has 104 valence electrons. The normalized spacial score (nSPS) is 10.5. The van der Waals surface area contributed by atoms with E-state index < -0.39 is 5.97 Å². The Balaban J connectivity index is 2.95. The lowest BCUT2D eigenvalue weighted by molar-refractivity contribution is 0.0635. The van der Waals surface area contributed by atoms with E-state index in [1.54, 1.807) is 12.0 Å². The number of pyridine rings is 1. The maximum Gasteiger partial charge on any atom is 0.354 e. The summed E-state index contributed by atoms with van der Waals surface area (Å²) in [6, 6.07) is 2.80. The molecule has 0 aliphatic heterocycles. The van der Waals surface area contributed by atoms with Gasteiger partial charge in [0.05, 0.1) is 6.61 Å². The Labute approximate surface area is 112 Å². The molecular weight excluding hydrogens is 248 g/mol. The number of hydrogen-bond acceptors (Lipinski definition) is 4. The summed E-state index contributed by atoms with van der Waals surface area (Å²) < 4.78 is 4.97. The number of aromatic carboxylic acids is 1. The van der Waals surface area contributed by atoms with Crippen LogP contribution in [0, 0.1) is 0 Å². The van der Waals surface area contributed by atoms with Crippen molar-refractivity contribution >= 4 is 11.9 Å². The van der Waals surface area contributed by atoms with Gasteiger partial charge in [-0.25, -0.2) is 9.78 Å². The first-order chi connectivity index (χ1) is 8.97. The van der Waals surface area contributed by atoms with Gasteiger partial charge < -0.3 is 14.7 Å². The number of carboxylic acids is 1. The fourth-order valence-corrected chi connectivity index (χ4v) is 1.63. The minimum atomic E-state index is -1.15. The number of carbonyl (C=O) groups excluding carboxylic acids is 1. The molecule has 6 heteroatoms. The molecule has 0 saturated carbocycles. The van der Waals surface area contributed by atoms with Gasteiger partial charge in [0.25, 0.3) is 5.91 Å².